The SMILES string of the molecule is CCCC(CNC(Cc1cncn1Cc1ccc(C(F)(F)F)cc1)C(=O)O)C(=O)O. The van der Waals surface area contributed by atoms with Crippen LogP contribution < -0.4 is 5.32 Å². The second-order valence-corrected chi connectivity index (χ2v) is 7.03. The Morgan fingerprint density at radius 3 is 2.37 bits per heavy atom. The van der Waals surface area contributed by atoms with E-state index in [4.69, 9.17) is 0 Å². The van der Waals surface area contributed by atoms with E-state index in [1.165, 1.54) is 24.7 Å². The van der Waals surface area contributed by atoms with Crippen molar-refractivity contribution < 1.29 is 33.0 Å². The summed E-state index contributed by atoms with van der Waals surface area (Å²) in [6.07, 6.45) is -0.304. The molecular formula is C20H24F3N3O4. The highest BCUT2D eigenvalue weighted by Crippen LogP contribution is 2.29. The molecule has 2 rings (SSSR count). The number of imidazole rings is 1. The zero-order valence-corrected chi connectivity index (χ0v) is 16.4. The molecule has 2 aromatic rings. The summed E-state index contributed by atoms with van der Waals surface area (Å²) in [7, 11) is 0. The Labute approximate surface area is 171 Å². The van der Waals surface area contributed by atoms with Crippen LogP contribution in [0.4, 0.5) is 13.2 Å². The Balaban J connectivity index is 2.06. The van der Waals surface area contributed by atoms with E-state index in [2.05, 4.69) is 10.3 Å². The van der Waals surface area contributed by atoms with E-state index in [1.54, 1.807) is 4.57 Å². The van der Waals surface area contributed by atoms with Gasteiger partial charge in [0.1, 0.15) is 6.04 Å². The first-order valence-electron chi connectivity index (χ1n) is 9.46. The fourth-order valence-corrected chi connectivity index (χ4v) is 3.06. The molecule has 3 N–H and O–H groups in total. The summed E-state index contributed by atoms with van der Waals surface area (Å²) < 4.78 is 39.7. The molecule has 30 heavy (non-hydrogen) atoms. The number of aromatic nitrogens is 2. The third kappa shape index (κ3) is 6.58. The summed E-state index contributed by atoms with van der Waals surface area (Å²) in [4.78, 5) is 26.9. The monoisotopic (exact) mass is 427 g/mol. The van der Waals surface area contributed by atoms with Crippen molar-refractivity contribution in [3.8, 4) is 0 Å². The van der Waals surface area contributed by atoms with Crippen molar-refractivity contribution in [3.05, 3.63) is 53.6 Å². The molecule has 0 aliphatic carbocycles. The second kappa shape index (κ2) is 10.2. The molecule has 0 aliphatic rings. The molecule has 7 nitrogen and oxygen atoms in total. The van der Waals surface area contributed by atoms with Crippen LogP contribution in [0.3, 0.4) is 0 Å². The number of carbonyl (C=O) groups is 2. The van der Waals surface area contributed by atoms with Crippen molar-refractivity contribution in [2.24, 2.45) is 5.92 Å². The van der Waals surface area contributed by atoms with Gasteiger partial charge in [0, 0.05) is 31.4 Å². The first-order chi connectivity index (χ1) is 14.1. The van der Waals surface area contributed by atoms with Gasteiger partial charge in [0.05, 0.1) is 17.8 Å². The van der Waals surface area contributed by atoms with Gasteiger partial charge in [-0.3, -0.25) is 9.59 Å². The molecule has 164 valence electrons. The van der Waals surface area contributed by atoms with E-state index in [1.807, 2.05) is 6.92 Å². The normalized spacial score (nSPS) is 13.7. The molecule has 2 atom stereocenters. The van der Waals surface area contributed by atoms with Crippen LogP contribution in [0.25, 0.3) is 0 Å². The Morgan fingerprint density at radius 1 is 1.17 bits per heavy atom. The fraction of sp³-hybridized carbons (Fsp3) is 0.450. The highest BCUT2D eigenvalue weighted by Gasteiger charge is 2.30. The number of benzene rings is 1. The minimum absolute atomic E-state index is 0.0210. The van der Waals surface area contributed by atoms with Crippen LogP contribution in [-0.2, 0) is 28.7 Å². The first-order valence-corrected chi connectivity index (χ1v) is 9.46. The summed E-state index contributed by atoms with van der Waals surface area (Å²) in [5.74, 6) is -2.80. The van der Waals surface area contributed by atoms with Gasteiger partial charge in [0.2, 0.25) is 0 Å². The molecule has 0 saturated carbocycles. The number of carboxylic acids is 2. The lowest BCUT2D eigenvalue weighted by Gasteiger charge is -2.19. The molecule has 10 heteroatoms. The van der Waals surface area contributed by atoms with Crippen molar-refractivity contribution in [3.63, 3.8) is 0 Å². The second-order valence-electron chi connectivity index (χ2n) is 7.03. The Bertz CT molecular complexity index is 850. The summed E-state index contributed by atoms with van der Waals surface area (Å²) in [5, 5.41) is 21.5. The lowest BCUT2D eigenvalue weighted by molar-refractivity contribution is -0.143. The minimum atomic E-state index is -4.41. The number of halogens is 3. The molecule has 0 fully saturated rings. The topological polar surface area (TPSA) is 104 Å². The lowest BCUT2D eigenvalue weighted by atomic mass is 10.0. The van der Waals surface area contributed by atoms with E-state index >= 15 is 0 Å². The summed E-state index contributed by atoms with van der Waals surface area (Å²) in [5.41, 5.74) is 0.431. The van der Waals surface area contributed by atoms with Crippen LogP contribution >= 0.6 is 0 Å². The maximum absolute atomic E-state index is 12.7. The lowest BCUT2D eigenvalue weighted by Crippen LogP contribution is -2.42. The largest absolute Gasteiger partial charge is 0.481 e. The molecule has 2 unspecified atom stereocenters. The Morgan fingerprint density at radius 2 is 1.83 bits per heavy atom. The third-order valence-corrected chi connectivity index (χ3v) is 4.74. The van der Waals surface area contributed by atoms with Crippen LogP contribution in [0.5, 0.6) is 0 Å². The van der Waals surface area contributed by atoms with E-state index in [9.17, 15) is 33.0 Å². The molecule has 0 bridgehead atoms. The van der Waals surface area contributed by atoms with Crippen LogP contribution in [0.2, 0.25) is 0 Å². The average Bonchev–Trinajstić information content (AvgIpc) is 3.09. The number of aliphatic carboxylic acids is 2. The van der Waals surface area contributed by atoms with Gasteiger partial charge in [-0.15, -0.1) is 0 Å². The quantitative estimate of drug-likeness (QED) is 0.509. The zero-order chi connectivity index (χ0) is 22.3. The molecule has 0 amide bonds. The van der Waals surface area contributed by atoms with Crippen molar-refractivity contribution in [2.45, 2.75) is 44.9 Å². The number of alkyl halides is 3. The van der Waals surface area contributed by atoms with Crippen LogP contribution in [0, 0.1) is 5.92 Å². The minimum Gasteiger partial charge on any atom is -0.481 e. The van der Waals surface area contributed by atoms with Crippen molar-refractivity contribution in [2.75, 3.05) is 6.54 Å². The van der Waals surface area contributed by atoms with Gasteiger partial charge in [-0.2, -0.15) is 13.2 Å². The summed E-state index contributed by atoms with van der Waals surface area (Å²) in [6.45, 7) is 2.10. The number of hydrogen-bond donors (Lipinski definition) is 3. The van der Waals surface area contributed by atoms with Gasteiger partial charge in [0.15, 0.2) is 0 Å². The molecule has 0 aliphatic heterocycles. The number of hydrogen-bond acceptors (Lipinski definition) is 4. The van der Waals surface area contributed by atoms with Crippen LogP contribution in [0.15, 0.2) is 36.8 Å². The standard InChI is InChI=1S/C20H24F3N3O4/c1-2-3-14(18(27)28)9-25-17(19(29)30)8-16-10-24-12-26(16)11-13-4-6-15(7-5-13)20(21,22)23/h4-7,10,12,14,17,25H,2-3,8-9,11H2,1H3,(H,27,28)(H,29,30). The number of nitrogens with zero attached hydrogens (tertiary/aromatic N) is 2. The summed E-state index contributed by atoms with van der Waals surface area (Å²) in [6, 6.07) is 3.69. The molecule has 1 aromatic heterocycles. The molecule has 0 saturated heterocycles. The smallest absolute Gasteiger partial charge is 0.416 e. The van der Waals surface area contributed by atoms with E-state index in [-0.39, 0.29) is 19.5 Å². The van der Waals surface area contributed by atoms with Gasteiger partial charge in [-0.05, 0) is 24.1 Å². The van der Waals surface area contributed by atoms with Gasteiger partial charge in [0.25, 0.3) is 0 Å². The molecule has 0 radical (unpaired) electrons. The average molecular weight is 427 g/mol. The van der Waals surface area contributed by atoms with Crippen molar-refractivity contribution in [1.82, 2.24) is 14.9 Å². The fourth-order valence-electron chi connectivity index (χ4n) is 3.06. The van der Waals surface area contributed by atoms with Crippen molar-refractivity contribution in [1.29, 1.82) is 0 Å². The van der Waals surface area contributed by atoms with Gasteiger partial charge in [-0.25, -0.2) is 4.98 Å². The maximum Gasteiger partial charge on any atom is 0.416 e. The van der Waals surface area contributed by atoms with Gasteiger partial charge < -0.3 is 20.1 Å². The highest BCUT2D eigenvalue weighted by molar-refractivity contribution is 5.74. The molecular weight excluding hydrogens is 403 g/mol. The third-order valence-electron chi connectivity index (χ3n) is 4.74. The zero-order valence-electron chi connectivity index (χ0n) is 16.4. The van der Waals surface area contributed by atoms with Crippen molar-refractivity contribution >= 4 is 11.9 Å². The highest BCUT2D eigenvalue weighted by atomic mass is 19.4. The van der Waals surface area contributed by atoms with Crippen LogP contribution in [0.1, 0.15) is 36.6 Å². The Hall–Kier alpha value is -2.88. The number of rotatable bonds is 11. The van der Waals surface area contributed by atoms with E-state index in [0.29, 0.717) is 24.1 Å². The first kappa shape index (κ1) is 23.4. The molecule has 0 spiro atoms. The van der Waals surface area contributed by atoms with Gasteiger partial charge >= 0.3 is 18.1 Å². The summed E-state index contributed by atoms with van der Waals surface area (Å²) >= 11 is 0. The molecule has 1 heterocycles. The predicted molar refractivity (Wildman–Crippen MR) is 102 cm³/mol. The number of carboxylic acid groups (broad SMARTS) is 2. The van der Waals surface area contributed by atoms with Gasteiger partial charge in [-0.1, -0.05) is 25.5 Å². The van der Waals surface area contributed by atoms with E-state index < -0.39 is 35.6 Å². The van der Waals surface area contributed by atoms with E-state index in [0.717, 1.165) is 12.1 Å². The predicted octanol–water partition coefficient (Wildman–Crippen LogP) is 3.04. The maximum atomic E-state index is 12.7. The van der Waals surface area contributed by atoms with Crippen LogP contribution in [-0.4, -0.2) is 44.3 Å². The molecule has 1 aromatic carbocycles. The Kier molecular flexibility index (Phi) is 7.99. The number of nitrogens with one attached hydrogen (secondary N) is 1.